The molecule has 7 rings (SSSR count). The molecule has 2 aromatic heterocycles. The minimum Gasteiger partial charge on any atom is -0.343 e. The van der Waals surface area contributed by atoms with Gasteiger partial charge in [-0.3, -0.25) is 23.9 Å². The van der Waals surface area contributed by atoms with Crippen LogP contribution in [-0.4, -0.2) is 43.6 Å². The number of rotatable bonds is 11. The van der Waals surface area contributed by atoms with Crippen LogP contribution in [0.5, 0.6) is 0 Å². The second-order valence-corrected chi connectivity index (χ2v) is 14.5. The summed E-state index contributed by atoms with van der Waals surface area (Å²) in [5.74, 6) is -0.891. The molecule has 0 bridgehead atoms. The molecule has 11 nitrogen and oxygen atoms in total. The minimum absolute atomic E-state index is 0.105. The van der Waals surface area contributed by atoms with Gasteiger partial charge in [0.1, 0.15) is 22.6 Å². The molecule has 0 radical (unpaired) electrons. The molecule has 3 heterocycles. The van der Waals surface area contributed by atoms with Gasteiger partial charge < -0.3 is 15.4 Å². The van der Waals surface area contributed by atoms with Gasteiger partial charge in [-0.15, -0.1) is 0 Å². The molecular weight excluding hydrogens is 677 g/mol. The number of aromatic nitrogens is 3. The third kappa shape index (κ3) is 6.03. The van der Waals surface area contributed by atoms with Gasteiger partial charge >= 0.3 is 0 Å². The van der Waals surface area contributed by atoms with Crippen LogP contribution in [0.4, 0.5) is 11.6 Å². The number of anilines is 2. The van der Waals surface area contributed by atoms with Crippen LogP contribution < -0.4 is 15.5 Å². The Morgan fingerprint density at radius 3 is 2.26 bits per heavy atom. The van der Waals surface area contributed by atoms with Gasteiger partial charge in [0.2, 0.25) is 11.9 Å². The molecule has 2 aromatic carbocycles. The molecule has 50 heavy (non-hydrogen) atoms. The molecule has 0 saturated heterocycles. The van der Waals surface area contributed by atoms with E-state index in [4.69, 9.17) is 23.2 Å². The zero-order valence-electron chi connectivity index (χ0n) is 27.4. The second-order valence-electron chi connectivity index (χ2n) is 13.6. The number of hydrogen-bond donors (Lipinski definition) is 2. The van der Waals surface area contributed by atoms with E-state index in [1.54, 1.807) is 67.1 Å². The molecule has 0 spiro atoms. The molecule has 2 aliphatic carbocycles. The topological polar surface area (TPSA) is 150 Å². The molecule has 13 heteroatoms. The van der Waals surface area contributed by atoms with Crippen LogP contribution in [0.2, 0.25) is 10.0 Å². The minimum atomic E-state index is -1.32. The summed E-state index contributed by atoms with van der Waals surface area (Å²) in [7, 11) is 0. The van der Waals surface area contributed by atoms with E-state index in [0.717, 1.165) is 16.8 Å². The van der Waals surface area contributed by atoms with Crippen molar-refractivity contribution < 1.29 is 19.2 Å². The number of aryl methyl sites for hydroxylation is 1. The molecule has 3 aliphatic rings. The van der Waals surface area contributed by atoms with Gasteiger partial charge in [0.15, 0.2) is 0 Å². The largest absolute Gasteiger partial charge is 0.343 e. The maximum Gasteiger partial charge on any atom is 0.270 e. The van der Waals surface area contributed by atoms with Crippen molar-refractivity contribution in [2.45, 2.75) is 75.4 Å². The Labute approximate surface area is 298 Å². The average molecular weight is 711 g/mol. The molecule has 0 unspecified atom stereocenters. The van der Waals surface area contributed by atoms with E-state index >= 15 is 0 Å². The summed E-state index contributed by atoms with van der Waals surface area (Å²) >= 11 is 12.7. The first kappa shape index (κ1) is 33.4. The Morgan fingerprint density at radius 1 is 0.940 bits per heavy atom. The Balaban J connectivity index is 1.17. The zero-order valence-corrected chi connectivity index (χ0v) is 28.9. The summed E-state index contributed by atoms with van der Waals surface area (Å²) in [6.07, 6.45) is 6.62. The first-order chi connectivity index (χ1) is 23.9. The number of carbonyl (C=O) groups is 4. The van der Waals surface area contributed by atoms with Crippen molar-refractivity contribution in [3.05, 3.63) is 105 Å². The van der Waals surface area contributed by atoms with Crippen LogP contribution in [0.25, 0.3) is 0 Å². The van der Waals surface area contributed by atoms with Crippen molar-refractivity contribution in [1.82, 2.24) is 25.2 Å². The Bertz CT molecular complexity index is 2090. The molecule has 2 fully saturated rings. The Kier molecular flexibility index (Phi) is 8.28. The van der Waals surface area contributed by atoms with Crippen LogP contribution in [-0.2, 0) is 38.3 Å². The fourth-order valence-corrected chi connectivity index (χ4v) is 7.17. The number of carbonyl (C=O) groups excluding carboxylic acids is 4. The van der Waals surface area contributed by atoms with E-state index in [1.165, 1.54) is 11.1 Å². The van der Waals surface area contributed by atoms with Gasteiger partial charge in [-0.1, -0.05) is 35.3 Å². The number of hydrogen-bond acceptors (Lipinski definition) is 7. The maximum atomic E-state index is 14.4. The lowest BCUT2D eigenvalue weighted by Crippen LogP contribution is -2.52. The van der Waals surface area contributed by atoms with Crippen molar-refractivity contribution in [2.24, 2.45) is 0 Å². The summed E-state index contributed by atoms with van der Waals surface area (Å²) in [6.45, 7) is 3.29. The molecule has 1 atom stereocenters. The summed E-state index contributed by atoms with van der Waals surface area (Å²) in [5, 5.41) is 16.1. The van der Waals surface area contributed by atoms with E-state index in [-0.39, 0.29) is 35.7 Å². The number of nitriles is 1. The smallest absolute Gasteiger partial charge is 0.270 e. The SMILES string of the molecule is CC(=O)CCc1ccnc(C2(NC(=O)C3(NC(=O)c4cnc5n4[C@](C)(Cc4ccc(C#N)cc4)C(=O)N5c4cc(Cl)cc(Cl)c4)CC3)CC2)c1. The number of fused-ring (bicyclic) bond motifs is 1. The molecular formula is C37H33Cl2N7O4. The zero-order chi connectivity index (χ0) is 35.4. The molecule has 2 saturated carbocycles. The van der Waals surface area contributed by atoms with Crippen LogP contribution in [0.15, 0.2) is 67.0 Å². The van der Waals surface area contributed by atoms with Crippen LogP contribution >= 0.6 is 23.2 Å². The number of benzene rings is 2. The predicted octanol–water partition coefficient (Wildman–Crippen LogP) is 5.68. The number of imidazole rings is 1. The summed E-state index contributed by atoms with van der Waals surface area (Å²) in [6, 6.07) is 17.6. The van der Waals surface area contributed by atoms with Gasteiger partial charge in [0, 0.05) is 29.1 Å². The molecule has 2 N–H and O–H groups in total. The highest BCUT2D eigenvalue weighted by molar-refractivity contribution is 6.35. The van der Waals surface area contributed by atoms with Crippen LogP contribution in [0.3, 0.4) is 0 Å². The number of nitrogens with zero attached hydrogens (tertiary/aromatic N) is 5. The standard InChI is InChI=1S/C37H33Cl2N7O4/c1-22(47)3-4-23-9-14-41-30(15-23)36(10-11-36)44-32(49)37(12-13-37)43-31(48)29-21-42-34-45(28-17-26(38)16-27(39)18-28)33(50)35(2,46(29)34)19-24-5-7-25(20-40)8-6-24/h5-9,14-18,21H,3-4,10-13,19H2,1-2H3,(H,43,48)(H,44,49)/t35-/m1/s1. The van der Waals surface area contributed by atoms with Crippen molar-refractivity contribution in [2.75, 3.05) is 4.90 Å². The fourth-order valence-electron chi connectivity index (χ4n) is 6.66. The van der Waals surface area contributed by atoms with E-state index in [0.29, 0.717) is 59.8 Å². The van der Waals surface area contributed by atoms with E-state index in [9.17, 15) is 24.4 Å². The number of amides is 3. The van der Waals surface area contributed by atoms with E-state index in [2.05, 4.69) is 26.7 Å². The van der Waals surface area contributed by atoms with Crippen molar-refractivity contribution in [1.29, 1.82) is 5.26 Å². The van der Waals surface area contributed by atoms with E-state index < -0.39 is 22.5 Å². The lowest BCUT2D eigenvalue weighted by molar-refractivity contribution is -0.125. The summed E-state index contributed by atoms with van der Waals surface area (Å²) in [4.78, 5) is 64.3. The van der Waals surface area contributed by atoms with Gasteiger partial charge in [0.05, 0.1) is 34.7 Å². The lowest BCUT2D eigenvalue weighted by Gasteiger charge is -2.27. The number of Topliss-reactive ketones (excluding diaryl/α,β-unsaturated/α-hetero) is 1. The van der Waals surface area contributed by atoms with Crippen LogP contribution in [0, 0.1) is 11.3 Å². The predicted molar refractivity (Wildman–Crippen MR) is 186 cm³/mol. The quantitative estimate of drug-likeness (QED) is 0.203. The highest BCUT2D eigenvalue weighted by Crippen LogP contribution is 2.48. The monoisotopic (exact) mass is 709 g/mol. The fraction of sp³-hybridized carbons (Fsp3) is 0.324. The molecule has 254 valence electrons. The van der Waals surface area contributed by atoms with Crippen molar-refractivity contribution in [3.8, 4) is 6.07 Å². The van der Waals surface area contributed by atoms with Crippen LogP contribution in [0.1, 0.15) is 78.8 Å². The van der Waals surface area contributed by atoms with Crippen molar-refractivity contribution >= 4 is 58.3 Å². The van der Waals surface area contributed by atoms with Gasteiger partial charge in [-0.05, 0) is 99.5 Å². The second kappa shape index (κ2) is 12.4. The third-order valence-corrected chi connectivity index (χ3v) is 10.2. The third-order valence-electron chi connectivity index (χ3n) is 9.79. The maximum absolute atomic E-state index is 14.4. The number of nitrogens with one attached hydrogen (secondary N) is 2. The van der Waals surface area contributed by atoms with E-state index in [1.807, 2.05) is 12.1 Å². The number of pyridine rings is 1. The number of ketones is 1. The van der Waals surface area contributed by atoms with Crippen molar-refractivity contribution in [3.63, 3.8) is 0 Å². The highest BCUT2D eigenvalue weighted by Gasteiger charge is 2.57. The lowest BCUT2D eigenvalue weighted by atomic mass is 9.91. The normalized spacial score (nSPS) is 19.3. The molecule has 4 aromatic rings. The van der Waals surface area contributed by atoms with Gasteiger partial charge in [-0.2, -0.15) is 5.26 Å². The Hall–Kier alpha value is -5.05. The summed E-state index contributed by atoms with van der Waals surface area (Å²) in [5.41, 5.74) is 0.376. The highest BCUT2D eigenvalue weighted by atomic mass is 35.5. The molecule has 1 aliphatic heterocycles. The Morgan fingerprint density at radius 2 is 1.64 bits per heavy atom. The number of halogens is 2. The molecule has 3 amide bonds. The first-order valence-corrected chi connectivity index (χ1v) is 17.1. The average Bonchev–Trinajstić information content (AvgIpc) is 3.99. The van der Waals surface area contributed by atoms with Gasteiger partial charge in [0.25, 0.3) is 11.8 Å². The summed E-state index contributed by atoms with van der Waals surface area (Å²) < 4.78 is 1.60. The first-order valence-electron chi connectivity index (χ1n) is 16.3. The van der Waals surface area contributed by atoms with Gasteiger partial charge in [-0.25, -0.2) is 9.88 Å².